The number of allylic oxidation sites excluding steroid dienone is 10. The Balaban J connectivity index is 3.99. The molecular weight excluding hydrogens is 925 g/mol. The highest BCUT2D eigenvalue weighted by molar-refractivity contribution is 5.71. The smallest absolute Gasteiger partial charge is 0.306 e. The zero-order valence-corrected chi connectivity index (χ0v) is 50.1. The molecule has 0 fully saturated rings. The predicted molar refractivity (Wildman–Crippen MR) is 325 cm³/mol. The van der Waals surface area contributed by atoms with Crippen molar-refractivity contribution in [3.63, 3.8) is 0 Å². The van der Waals surface area contributed by atoms with E-state index in [0.717, 1.165) is 83.5 Å². The van der Waals surface area contributed by atoms with E-state index in [-0.39, 0.29) is 31.1 Å². The van der Waals surface area contributed by atoms with Gasteiger partial charge in [-0.3, -0.25) is 14.4 Å². The molecule has 75 heavy (non-hydrogen) atoms. The number of hydrogen-bond acceptors (Lipinski definition) is 6. The Kier molecular flexibility index (Phi) is 61.2. The molecule has 0 heterocycles. The lowest BCUT2D eigenvalue weighted by atomic mass is 10.0. The van der Waals surface area contributed by atoms with Gasteiger partial charge in [-0.25, -0.2) is 0 Å². The average molecular weight is 1050 g/mol. The number of carbonyl (C=O) groups is 3. The minimum absolute atomic E-state index is 0.0706. The van der Waals surface area contributed by atoms with E-state index in [2.05, 4.69) is 81.5 Å². The lowest BCUT2D eigenvalue weighted by Crippen LogP contribution is -2.30. The summed E-state index contributed by atoms with van der Waals surface area (Å²) in [6.07, 6.45) is 81.3. The fraction of sp³-hybridized carbons (Fsp3) is 0.812. The molecule has 1 atom stereocenters. The van der Waals surface area contributed by atoms with Crippen LogP contribution >= 0.6 is 0 Å². The molecule has 0 aliphatic carbocycles. The van der Waals surface area contributed by atoms with Gasteiger partial charge >= 0.3 is 17.9 Å². The van der Waals surface area contributed by atoms with E-state index in [1.54, 1.807) is 0 Å². The molecule has 6 nitrogen and oxygen atoms in total. The van der Waals surface area contributed by atoms with Gasteiger partial charge in [-0.2, -0.15) is 0 Å². The van der Waals surface area contributed by atoms with Gasteiger partial charge in [-0.05, 0) is 83.5 Å². The highest BCUT2D eigenvalue weighted by atomic mass is 16.6. The standard InChI is InChI=1S/C69H124O6/c1-4-7-10-13-16-18-20-22-24-26-27-28-29-30-31-32-33-34-35-36-37-38-39-40-41-43-44-46-48-50-53-56-59-62-68(71)74-65-66(64-73-67(70)61-58-55-52-15-12-9-6-3)75-69(72)63-60-57-54-51-49-47-45-42-25-23-21-19-17-14-11-8-5-2/h7,10,16,18,22-25,27-28,66H,4-6,8-9,11-15,17,19-21,26,29-65H2,1-3H3/b10-7-,18-16-,24-22-,25-23-,28-27-. The molecule has 0 aliphatic rings. The number of unbranched alkanes of at least 4 members (excludes halogenated alkanes) is 39. The van der Waals surface area contributed by atoms with Crippen molar-refractivity contribution >= 4 is 17.9 Å². The van der Waals surface area contributed by atoms with Gasteiger partial charge in [0.25, 0.3) is 0 Å². The van der Waals surface area contributed by atoms with Crippen molar-refractivity contribution in [1.29, 1.82) is 0 Å². The third-order valence-corrected chi connectivity index (χ3v) is 14.5. The molecule has 0 spiro atoms. The first-order valence-electron chi connectivity index (χ1n) is 32.8. The van der Waals surface area contributed by atoms with Crippen LogP contribution in [0.4, 0.5) is 0 Å². The molecule has 0 rings (SSSR count). The van der Waals surface area contributed by atoms with Gasteiger partial charge in [0.1, 0.15) is 13.2 Å². The fourth-order valence-electron chi connectivity index (χ4n) is 9.61. The summed E-state index contributed by atoms with van der Waals surface area (Å²) in [6, 6.07) is 0. The first kappa shape index (κ1) is 72.1. The van der Waals surface area contributed by atoms with E-state index in [4.69, 9.17) is 14.2 Å². The molecule has 0 bridgehead atoms. The molecule has 0 aromatic heterocycles. The maximum Gasteiger partial charge on any atom is 0.306 e. The first-order valence-corrected chi connectivity index (χ1v) is 32.8. The molecule has 0 saturated heterocycles. The summed E-state index contributed by atoms with van der Waals surface area (Å²) < 4.78 is 16.8. The molecule has 0 aromatic rings. The summed E-state index contributed by atoms with van der Waals surface area (Å²) in [5.41, 5.74) is 0. The van der Waals surface area contributed by atoms with Crippen LogP contribution in [0.2, 0.25) is 0 Å². The number of esters is 3. The van der Waals surface area contributed by atoms with E-state index in [1.807, 2.05) is 0 Å². The maximum absolute atomic E-state index is 12.8. The Morgan fingerprint density at radius 3 is 0.827 bits per heavy atom. The van der Waals surface area contributed by atoms with Crippen molar-refractivity contribution in [3.05, 3.63) is 60.8 Å². The van der Waals surface area contributed by atoms with Crippen LogP contribution in [-0.4, -0.2) is 37.2 Å². The second-order valence-corrected chi connectivity index (χ2v) is 22.0. The maximum atomic E-state index is 12.8. The number of ether oxygens (including phenoxy) is 3. The monoisotopic (exact) mass is 1050 g/mol. The highest BCUT2D eigenvalue weighted by Crippen LogP contribution is 2.17. The molecule has 0 radical (unpaired) electrons. The summed E-state index contributed by atoms with van der Waals surface area (Å²) >= 11 is 0. The highest BCUT2D eigenvalue weighted by Gasteiger charge is 2.19. The second-order valence-electron chi connectivity index (χ2n) is 22.0. The topological polar surface area (TPSA) is 78.9 Å². The molecule has 0 saturated carbocycles. The Labute approximate surface area is 466 Å². The van der Waals surface area contributed by atoms with Crippen molar-refractivity contribution in [1.82, 2.24) is 0 Å². The number of rotatable bonds is 60. The summed E-state index contributed by atoms with van der Waals surface area (Å²) in [5, 5.41) is 0. The third-order valence-electron chi connectivity index (χ3n) is 14.5. The Bertz CT molecular complexity index is 1340. The largest absolute Gasteiger partial charge is 0.462 e. The predicted octanol–water partition coefficient (Wildman–Crippen LogP) is 22.3. The van der Waals surface area contributed by atoms with Crippen LogP contribution in [0.3, 0.4) is 0 Å². The van der Waals surface area contributed by atoms with Crippen molar-refractivity contribution in [3.8, 4) is 0 Å². The van der Waals surface area contributed by atoms with Crippen molar-refractivity contribution in [2.75, 3.05) is 13.2 Å². The first-order chi connectivity index (χ1) is 37.0. The van der Waals surface area contributed by atoms with E-state index >= 15 is 0 Å². The Morgan fingerprint density at radius 2 is 0.520 bits per heavy atom. The van der Waals surface area contributed by atoms with Crippen LogP contribution in [-0.2, 0) is 28.6 Å². The fourth-order valence-corrected chi connectivity index (χ4v) is 9.61. The van der Waals surface area contributed by atoms with Crippen LogP contribution in [0.25, 0.3) is 0 Å². The van der Waals surface area contributed by atoms with Crippen molar-refractivity contribution < 1.29 is 28.6 Å². The van der Waals surface area contributed by atoms with Gasteiger partial charge in [-0.1, -0.05) is 300 Å². The zero-order valence-electron chi connectivity index (χ0n) is 50.1. The van der Waals surface area contributed by atoms with E-state index in [1.165, 1.54) is 218 Å². The molecular formula is C69H124O6. The van der Waals surface area contributed by atoms with Gasteiger partial charge < -0.3 is 14.2 Å². The Hall–Kier alpha value is -2.89. The molecule has 0 aromatic carbocycles. The molecule has 0 aliphatic heterocycles. The number of hydrogen-bond donors (Lipinski definition) is 0. The Morgan fingerprint density at radius 1 is 0.280 bits per heavy atom. The molecule has 436 valence electrons. The van der Waals surface area contributed by atoms with Crippen LogP contribution in [0, 0.1) is 0 Å². The van der Waals surface area contributed by atoms with Crippen LogP contribution in [0.5, 0.6) is 0 Å². The van der Waals surface area contributed by atoms with E-state index in [0.29, 0.717) is 19.3 Å². The van der Waals surface area contributed by atoms with E-state index < -0.39 is 6.10 Å². The lowest BCUT2D eigenvalue weighted by Gasteiger charge is -2.18. The van der Waals surface area contributed by atoms with Crippen LogP contribution in [0.15, 0.2) is 60.8 Å². The molecule has 1 unspecified atom stereocenters. The normalized spacial score (nSPS) is 12.4. The van der Waals surface area contributed by atoms with Gasteiger partial charge in [0, 0.05) is 19.3 Å². The SMILES string of the molecule is CC/C=C\C/C=C\C/C=C\C/C=C\CCCCCCCCCCCCCCCCCCCCCCC(=O)OCC(COC(=O)CCCCCCCCC)OC(=O)CCCCCCCCC/C=C\CCCCCCCC. The van der Waals surface area contributed by atoms with Crippen molar-refractivity contribution in [2.45, 2.75) is 348 Å². The van der Waals surface area contributed by atoms with Gasteiger partial charge in [-0.15, -0.1) is 0 Å². The minimum Gasteiger partial charge on any atom is -0.462 e. The summed E-state index contributed by atoms with van der Waals surface area (Å²) in [4.78, 5) is 38.0. The average Bonchev–Trinajstić information content (AvgIpc) is 3.41. The summed E-state index contributed by atoms with van der Waals surface area (Å²) in [5.74, 6) is -0.863. The quantitative estimate of drug-likeness (QED) is 0.0261. The number of carbonyl (C=O) groups excluding carboxylic acids is 3. The van der Waals surface area contributed by atoms with E-state index in [9.17, 15) is 14.4 Å². The van der Waals surface area contributed by atoms with Crippen molar-refractivity contribution in [2.24, 2.45) is 0 Å². The van der Waals surface area contributed by atoms with Gasteiger partial charge in [0.15, 0.2) is 6.10 Å². The van der Waals surface area contributed by atoms with Gasteiger partial charge in [0.2, 0.25) is 0 Å². The third kappa shape index (κ3) is 61.8. The molecule has 6 heteroatoms. The van der Waals surface area contributed by atoms with Crippen LogP contribution < -0.4 is 0 Å². The summed E-state index contributed by atoms with van der Waals surface area (Å²) in [6.45, 7) is 6.52. The van der Waals surface area contributed by atoms with Crippen LogP contribution in [0.1, 0.15) is 342 Å². The lowest BCUT2D eigenvalue weighted by molar-refractivity contribution is -0.167. The molecule has 0 amide bonds. The molecule has 0 N–H and O–H groups in total. The zero-order chi connectivity index (χ0) is 54.3. The second kappa shape index (κ2) is 63.6. The van der Waals surface area contributed by atoms with Gasteiger partial charge in [0.05, 0.1) is 0 Å². The minimum atomic E-state index is -0.770. The summed E-state index contributed by atoms with van der Waals surface area (Å²) in [7, 11) is 0.